The lowest BCUT2D eigenvalue weighted by Gasteiger charge is -2.32. The van der Waals surface area contributed by atoms with Gasteiger partial charge in [0, 0.05) is 29.1 Å². The number of rotatable bonds is 6. The van der Waals surface area contributed by atoms with Crippen LogP contribution in [0.4, 0.5) is 0 Å². The highest BCUT2D eigenvalue weighted by molar-refractivity contribution is 7.99. The molecule has 0 aliphatic carbocycles. The van der Waals surface area contributed by atoms with Gasteiger partial charge in [-0.1, -0.05) is 23.7 Å². The summed E-state index contributed by atoms with van der Waals surface area (Å²) >= 11 is 7.94. The van der Waals surface area contributed by atoms with Crippen LogP contribution in [0.5, 0.6) is 0 Å². The number of carboxylic acid groups (broad SMARTS) is 1. The minimum atomic E-state index is -0.710. The van der Waals surface area contributed by atoms with Gasteiger partial charge in [0.25, 0.3) is 0 Å². The van der Waals surface area contributed by atoms with E-state index in [-0.39, 0.29) is 6.42 Å². The fraction of sp³-hybridized carbons (Fsp3) is 0.533. The predicted octanol–water partition coefficient (Wildman–Crippen LogP) is 3.51. The summed E-state index contributed by atoms with van der Waals surface area (Å²) in [6.07, 6.45) is 2.62. The quantitative estimate of drug-likeness (QED) is 0.872. The minimum Gasteiger partial charge on any atom is -0.481 e. The highest BCUT2D eigenvalue weighted by Gasteiger charge is 2.20. The summed E-state index contributed by atoms with van der Waals surface area (Å²) in [5, 5.41) is 10.1. The highest BCUT2D eigenvalue weighted by atomic mass is 35.5. The molecule has 0 spiro atoms. The fourth-order valence-corrected chi connectivity index (χ4v) is 3.92. The van der Waals surface area contributed by atoms with Gasteiger partial charge in [-0.2, -0.15) is 11.8 Å². The van der Waals surface area contributed by atoms with Crippen molar-refractivity contribution in [3.63, 3.8) is 0 Å². The van der Waals surface area contributed by atoms with E-state index in [1.54, 1.807) is 0 Å². The van der Waals surface area contributed by atoms with Crippen LogP contribution in [0.1, 0.15) is 24.8 Å². The number of aliphatic carboxylic acids is 1. The maximum absolute atomic E-state index is 10.6. The smallest absolute Gasteiger partial charge is 0.304 e. The fourth-order valence-electron chi connectivity index (χ4n) is 2.45. The Morgan fingerprint density at radius 1 is 1.50 bits per heavy atom. The number of thioether (sulfide) groups is 1. The largest absolute Gasteiger partial charge is 0.481 e. The Morgan fingerprint density at radius 2 is 2.35 bits per heavy atom. The molecule has 0 amide bonds. The number of piperidine rings is 1. The number of likely N-dealkylation sites (tertiary alicyclic amines) is 1. The van der Waals surface area contributed by atoms with E-state index in [0.29, 0.717) is 11.8 Å². The minimum absolute atomic E-state index is 0.242. The Bertz CT molecular complexity index is 455. The second-order valence-electron chi connectivity index (χ2n) is 5.15. The molecule has 1 saturated heterocycles. The van der Waals surface area contributed by atoms with Crippen LogP contribution in [0.25, 0.3) is 0 Å². The number of halogens is 1. The Hall–Kier alpha value is -0.710. The van der Waals surface area contributed by atoms with E-state index in [1.807, 2.05) is 30.0 Å². The molecule has 1 atom stereocenters. The topological polar surface area (TPSA) is 40.5 Å². The van der Waals surface area contributed by atoms with E-state index in [1.165, 1.54) is 12.0 Å². The van der Waals surface area contributed by atoms with E-state index in [9.17, 15) is 4.79 Å². The third-order valence-corrected chi connectivity index (χ3v) is 5.07. The van der Waals surface area contributed by atoms with Gasteiger partial charge in [-0.05, 0) is 37.1 Å². The molecule has 0 saturated carbocycles. The zero-order chi connectivity index (χ0) is 14.4. The molecule has 0 bridgehead atoms. The number of carboxylic acids is 1. The molecule has 1 aliphatic heterocycles. The Balaban J connectivity index is 1.76. The maximum Gasteiger partial charge on any atom is 0.304 e. The van der Waals surface area contributed by atoms with Crippen molar-refractivity contribution < 1.29 is 9.90 Å². The van der Waals surface area contributed by atoms with E-state index < -0.39 is 5.97 Å². The number of hydrogen-bond acceptors (Lipinski definition) is 3. The van der Waals surface area contributed by atoms with Gasteiger partial charge in [-0.3, -0.25) is 4.79 Å². The first-order valence-corrected chi connectivity index (χ1v) is 8.36. The van der Waals surface area contributed by atoms with Crippen LogP contribution in [-0.2, 0) is 10.5 Å². The molecule has 110 valence electrons. The van der Waals surface area contributed by atoms with Crippen molar-refractivity contribution in [3.05, 3.63) is 34.9 Å². The Kier molecular flexibility index (Phi) is 6.20. The summed E-state index contributed by atoms with van der Waals surface area (Å²) in [6, 6.07) is 7.99. The first-order valence-electron chi connectivity index (χ1n) is 6.93. The predicted molar refractivity (Wildman–Crippen MR) is 84.5 cm³/mol. The summed E-state index contributed by atoms with van der Waals surface area (Å²) < 4.78 is 0. The van der Waals surface area contributed by atoms with Crippen molar-refractivity contribution in [3.8, 4) is 0 Å². The van der Waals surface area contributed by atoms with Crippen LogP contribution in [-0.4, -0.2) is 40.9 Å². The van der Waals surface area contributed by atoms with Crippen molar-refractivity contribution in [1.29, 1.82) is 0 Å². The summed E-state index contributed by atoms with van der Waals surface area (Å²) in [5.74, 6) is 0.261. The van der Waals surface area contributed by atoms with Crippen molar-refractivity contribution >= 4 is 29.3 Å². The molecule has 20 heavy (non-hydrogen) atoms. The number of carbonyl (C=O) groups is 1. The van der Waals surface area contributed by atoms with Crippen LogP contribution in [0, 0.1) is 0 Å². The standard InChI is InChI=1S/C15H20ClNO2S/c16-13-4-1-3-12(9-13)11-20-14-5-2-7-17(10-14)8-6-15(18)19/h1,3-4,9,14H,2,5-8,10-11H2,(H,18,19). The maximum atomic E-state index is 10.6. The molecule has 0 radical (unpaired) electrons. The Morgan fingerprint density at radius 3 is 3.10 bits per heavy atom. The van der Waals surface area contributed by atoms with Gasteiger partial charge in [0.1, 0.15) is 0 Å². The van der Waals surface area contributed by atoms with Crippen molar-refractivity contribution in [1.82, 2.24) is 4.90 Å². The van der Waals surface area contributed by atoms with Gasteiger partial charge in [-0.15, -0.1) is 0 Å². The number of benzene rings is 1. The monoisotopic (exact) mass is 313 g/mol. The lowest BCUT2D eigenvalue weighted by Crippen LogP contribution is -2.38. The molecular weight excluding hydrogens is 294 g/mol. The van der Waals surface area contributed by atoms with Crippen LogP contribution >= 0.6 is 23.4 Å². The average molecular weight is 314 g/mol. The zero-order valence-corrected chi connectivity index (χ0v) is 13.0. The van der Waals surface area contributed by atoms with E-state index >= 15 is 0 Å². The van der Waals surface area contributed by atoms with Gasteiger partial charge in [-0.25, -0.2) is 0 Å². The molecule has 1 aromatic rings. The van der Waals surface area contributed by atoms with Crippen molar-refractivity contribution in [2.24, 2.45) is 0 Å². The lowest BCUT2D eigenvalue weighted by atomic mass is 10.1. The van der Waals surface area contributed by atoms with Gasteiger partial charge >= 0.3 is 5.97 Å². The average Bonchev–Trinajstić information content (AvgIpc) is 2.43. The van der Waals surface area contributed by atoms with E-state index in [2.05, 4.69) is 11.0 Å². The second kappa shape index (κ2) is 7.91. The lowest BCUT2D eigenvalue weighted by molar-refractivity contribution is -0.137. The molecule has 1 N–H and O–H groups in total. The van der Waals surface area contributed by atoms with Crippen molar-refractivity contribution in [2.45, 2.75) is 30.3 Å². The summed E-state index contributed by atoms with van der Waals surface area (Å²) in [5.41, 5.74) is 1.25. The first kappa shape index (κ1) is 15.7. The number of hydrogen-bond donors (Lipinski definition) is 1. The third kappa shape index (κ3) is 5.35. The van der Waals surface area contributed by atoms with E-state index in [0.717, 1.165) is 30.3 Å². The van der Waals surface area contributed by atoms with Crippen LogP contribution in [0.3, 0.4) is 0 Å². The van der Waals surface area contributed by atoms with Crippen molar-refractivity contribution in [2.75, 3.05) is 19.6 Å². The summed E-state index contributed by atoms with van der Waals surface area (Å²) in [4.78, 5) is 12.9. The molecule has 5 heteroatoms. The van der Waals surface area contributed by atoms with Gasteiger partial charge in [0.05, 0.1) is 6.42 Å². The number of nitrogens with zero attached hydrogens (tertiary/aromatic N) is 1. The molecule has 3 nitrogen and oxygen atoms in total. The summed E-state index contributed by atoms with van der Waals surface area (Å²) in [6.45, 7) is 2.70. The van der Waals surface area contributed by atoms with Gasteiger partial charge in [0.15, 0.2) is 0 Å². The normalized spacial score (nSPS) is 19.9. The van der Waals surface area contributed by atoms with Gasteiger partial charge < -0.3 is 10.0 Å². The SMILES string of the molecule is O=C(O)CCN1CCCC(SCc2cccc(Cl)c2)C1. The molecule has 1 unspecified atom stereocenters. The van der Waals surface area contributed by atoms with Crippen LogP contribution in [0.15, 0.2) is 24.3 Å². The highest BCUT2D eigenvalue weighted by Crippen LogP contribution is 2.26. The molecule has 1 aromatic carbocycles. The van der Waals surface area contributed by atoms with Gasteiger partial charge in [0.2, 0.25) is 0 Å². The van der Waals surface area contributed by atoms with E-state index in [4.69, 9.17) is 16.7 Å². The molecule has 1 heterocycles. The molecule has 1 aliphatic rings. The molecule has 2 rings (SSSR count). The first-order chi connectivity index (χ1) is 9.63. The summed E-state index contributed by atoms with van der Waals surface area (Å²) in [7, 11) is 0. The van der Waals surface area contributed by atoms with Crippen LogP contribution in [0.2, 0.25) is 5.02 Å². The van der Waals surface area contributed by atoms with Crippen LogP contribution < -0.4 is 0 Å². The molecular formula is C15H20ClNO2S. The third-order valence-electron chi connectivity index (χ3n) is 3.48. The molecule has 0 aromatic heterocycles. The Labute approximate surface area is 129 Å². The zero-order valence-electron chi connectivity index (χ0n) is 11.4. The molecule has 1 fully saturated rings. The second-order valence-corrected chi connectivity index (χ2v) is 6.87.